The highest BCUT2D eigenvalue weighted by atomic mass is 79.9. The van der Waals surface area contributed by atoms with Crippen LogP contribution >= 0.6 is 15.9 Å². The average Bonchev–Trinajstić information content (AvgIpc) is 2.27. The number of nitrogen functional groups attached to an aromatic ring is 1. The van der Waals surface area contributed by atoms with Crippen LogP contribution in [-0.2, 0) is 0 Å². The van der Waals surface area contributed by atoms with Crippen molar-refractivity contribution in [3.8, 4) is 0 Å². The highest BCUT2D eigenvalue weighted by Crippen LogP contribution is 2.29. The SMILES string of the molecule is CC1(C)CC(NC(=O)c2cc(N)ccc2Br)CC(C)(C)N1. The Bertz CT molecular complexity index is 538. The molecule has 0 aromatic heterocycles. The second-order valence-corrected chi connectivity index (χ2v) is 8.07. The van der Waals surface area contributed by atoms with Gasteiger partial charge in [-0.15, -0.1) is 0 Å². The van der Waals surface area contributed by atoms with Gasteiger partial charge in [-0.3, -0.25) is 4.79 Å². The highest BCUT2D eigenvalue weighted by Gasteiger charge is 2.38. The first kappa shape index (κ1) is 16.3. The van der Waals surface area contributed by atoms with Crippen LogP contribution in [0, 0.1) is 0 Å². The summed E-state index contributed by atoms with van der Waals surface area (Å²) in [5, 5.41) is 6.76. The fraction of sp³-hybridized carbons (Fsp3) is 0.562. The molecule has 1 aliphatic rings. The van der Waals surface area contributed by atoms with E-state index in [-0.39, 0.29) is 23.0 Å². The third kappa shape index (κ3) is 4.20. The zero-order chi connectivity index (χ0) is 15.8. The molecule has 0 radical (unpaired) electrons. The van der Waals surface area contributed by atoms with Gasteiger partial charge in [-0.25, -0.2) is 0 Å². The summed E-state index contributed by atoms with van der Waals surface area (Å²) in [6.45, 7) is 8.68. The summed E-state index contributed by atoms with van der Waals surface area (Å²) in [4.78, 5) is 12.5. The molecule has 0 spiro atoms. The van der Waals surface area contributed by atoms with E-state index in [1.54, 1.807) is 18.2 Å². The molecule has 1 heterocycles. The van der Waals surface area contributed by atoms with Gasteiger partial charge in [-0.2, -0.15) is 0 Å². The minimum atomic E-state index is -0.0762. The van der Waals surface area contributed by atoms with Gasteiger partial charge >= 0.3 is 0 Å². The quantitative estimate of drug-likeness (QED) is 0.715. The van der Waals surface area contributed by atoms with Crippen molar-refractivity contribution in [1.29, 1.82) is 0 Å². The number of benzene rings is 1. The van der Waals surface area contributed by atoms with E-state index in [9.17, 15) is 4.79 Å². The molecule has 0 unspecified atom stereocenters. The molecule has 5 heteroatoms. The van der Waals surface area contributed by atoms with Crippen LogP contribution in [0.2, 0.25) is 0 Å². The molecule has 1 aliphatic heterocycles. The van der Waals surface area contributed by atoms with Gasteiger partial charge < -0.3 is 16.4 Å². The van der Waals surface area contributed by atoms with Crippen LogP contribution in [-0.4, -0.2) is 23.0 Å². The Hall–Kier alpha value is -1.07. The summed E-state index contributed by atoms with van der Waals surface area (Å²) in [5.41, 5.74) is 6.97. The van der Waals surface area contributed by atoms with E-state index in [0.717, 1.165) is 17.3 Å². The van der Waals surface area contributed by atoms with Crippen molar-refractivity contribution in [2.45, 2.75) is 57.7 Å². The summed E-state index contributed by atoms with van der Waals surface area (Å²) in [5.74, 6) is -0.0762. The molecule has 0 saturated carbocycles. The van der Waals surface area contributed by atoms with Gasteiger partial charge in [0, 0.05) is 27.3 Å². The van der Waals surface area contributed by atoms with E-state index in [1.807, 2.05) is 0 Å². The minimum absolute atomic E-state index is 0.00659. The van der Waals surface area contributed by atoms with E-state index >= 15 is 0 Å². The van der Waals surface area contributed by atoms with E-state index in [0.29, 0.717) is 11.3 Å². The third-order valence-corrected chi connectivity index (χ3v) is 4.45. The van der Waals surface area contributed by atoms with Gasteiger partial charge in [0.2, 0.25) is 0 Å². The fourth-order valence-electron chi connectivity index (χ4n) is 3.40. The van der Waals surface area contributed by atoms with Crippen molar-refractivity contribution in [3.63, 3.8) is 0 Å². The normalized spacial score (nSPS) is 21.0. The van der Waals surface area contributed by atoms with Gasteiger partial charge in [-0.1, -0.05) is 0 Å². The van der Waals surface area contributed by atoms with Crippen LogP contribution in [0.4, 0.5) is 5.69 Å². The molecule has 1 aromatic carbocycles. The van der Waals surface area contributed by atoms with Crippen LogP contribution in [0.1, 0.15) is 50.9 Å². The summed E-state index contributed by atoms with van der Waals surface area (Å²) in [6, 6.07) is 5.44. The predicted octanol–water partition coefficient (Wildman–Crippen LogP) is 3.07. The maximum Gasteiger partial charge on any atom is 0.252 e. The lowest BCUT2D eigenvalue weighted by molar-refractivity contribution is 0.0872. The molecule has 0 aliphatic carbocycles. The Morgan fingerprint density at radius 3 is 2.43 bits per heavy atom. The molecule has 0 bridgehead atoms. The van der Waals surface area contributed by atoms with Gasteiger partial charge in [0.15, 0.2) is 0 Å². The van der Waals surface area contributed by atoms with Gasteiger partial charge in [-0.05, 0) is 74.7 Å². The molecule has 1 fully saturated rings. The van der Waals surface area contributed by atoms with Crippen LogP contribution < -0.4 is 16.4 Å². The van der Waals surface area contributed by atoms with Crippen LogP contribution in [0.3, 0.4) is 0 Å². The predicted molar refractivity (Wildman–Crippen MR) is 90.3 cm³/mol. The first-order chi connectivity index (χ1) is 9.58. The Morgan fingerprint density at radius 2 is 1.86 bits per heavy atom. The molecule has 4 nitrogen and oxygen atoms in total. The minimum Gasteiger partial charge on any atom is -0.399 e. The second kappa shape index (κ2) is 5.61. The Morgan fingerprint density at radius 1 is 1.29 bits per heavy atom. The fourth-order valence-corrected chi connectivity index (χ4v) is 3.83. The number of nitrogens with two attached hydrogens (primary N) is 1. The van der Waals surface area contributed by atoms with Crippen molar-refractivity contribution in [1.82, 2.24) is 10.6 Å². The van der Waals surface area contributed by atoms with E-state index in [1.165, 1.54) is 0 Å². The number of piperidine rings is 1. The molecule has 1 saturated heterocycles. The topological polar surface area (TPSA) is 67.2 Å². The third-order valence-electron chi connectivity index (χ3n) is 3.76. The standard InChI is InChI=1S/C16H24BrN3O/c1-15(2)8-11(9-16(3,4)20-15)19-14(21)12-7-10(18)5-6-13(12)17/h5-7,11,20H,8-9,18H2,1-4H3,(H,19,21). The lowest BCUT2D eigenvalue weighted by Gasteiger charge is -2.46. The zero-order valence-corrected chi connectivity index (χ0v) is 14.7. The Labute approximate surface area is 135 Å². The summed E-state index contributed by atoms with van der Waals surface area (Å²) >= 11 is 3.41. The van der Waals surface area contributed by atoms with Crippen molar-refractivity contribution in [3.05, 3.63) is 28.2 Å². The van der Waals surface area contributed by atoms with Crippen LogP contribution in [0.15, 0.2) is 22.7 Å². The van der Waals surface area contributed by atoms with Gasteiger partial charge in [0.1, 0.15) is 0 Å². The van der Waals surface area contributed by atoms with Crippen LogP contribution in [0.5, 0.6) is 0 Å². The largest absolute Gasteiger partial charge is 0.399 e. The number of hydrogen-bond acceptors (Lipinski definition) is 3. The number of amides is 1. The van der Waals surface area contributed by atoms with E-state index in [4.69, 9.17) is 5.73 Å². The van der Waals surface area contributed by atoms with E-state index < -0.39 is 0 Å². The van der Waals surface area contributed by atoms with E-state index in [2.05, 4.69) is 54.3 Å². The highest BCUT2D eigenvalue weighted by molar-refractivity contribution is 9.10. The number of carbonyl (C=O) groups is 1. The number of nitrogens with one attached hydrogen (secondary N) is 2. The molecule has 1 amide bonds. The lowest BCUT2D eigenvalue weighted by atomic mass is 9.79. The number of anilines is 1. The number of rotatable bonds is 2. The van der Waals surface area contributed by atoms with Crippen molar-refractivity contribution in [2.24, 2.45) is 0 Å². The van der Waals surface area contributed by atoms with Gasteiger partial charge in [0.25, 0.3) is 5.91 Å². The Kier molecular flexibility index (Phi) is 4.36. The molecule has 1 aromatic rings. The molecule has 0 atom stereocenters. The molecule has 21 heavy (non-hydrogen) atoms. The number of hydrogen-bond donors (Lipinski definition) is 3. The molecule has 2 rings (SSSR count). The molecular weight excluding hydrogens is 330 g/mol. The molecule has 116 valence electrons. The van der Waals surface area contributed by atoms with Crippen LogP contribution in [0.25, 0.3) is 0 Å². The summed E-state index contributed by atoms with van der Waals surface area (Å²) in [7, 11) is 0. The maximum atomic E-state index is 12.5. The first-order valence-corrected chi connectivity index (χ1v) is 8.03. The van der Waals surface area contributed by atoms with Gasteiger partial charge in [0.05, 0.1) is 5.56 Å². The van der Waals surface area contributed by atoms with Crippen molar-refractivity contribution < 1.29 is 4.79 Å². The monoisotopic (exact) mass is 353 g/mol. The molecular formula is C16H24BrN3O. The lowest BCUT2D eigenvalue weighted by Crippen LogP contribution is -2.62. The first-order valence-electron chi connectivity index (χ1n) is 7.23. The average molecular weight is 354 g/mol. The smallest absolute Gasteiger partial charge is 0.252 e. The maximum absolute atomic E-state index is 12.5. The second-order valence-electron chi connectivity index (χ2n) is 7.21. The van der Waals surface area contributed by atoms with Crippen molar-refractivity contribution in [2.75, 3.05) is 5.73 Å². The molecule has 4 N–H and O–H groups in total. The number of halogens is 1. The zero-order valence-electron chi connectivity index (χ0n) is 13.1. The Balaban J connectivity index is 2.14. The summed E-state index contributed by atoms with van der Waals surface area (Å²) in [6.07, 6.45) is 1.81. The van der Waals surface area contributed by atoms with Crippen molar-refractivity contribution >= 4 is 27.5 Å². The number of carbonyl (C=O) groups excluding carboxylic acids is 1. The summed E-state index contributed by atoms with van der Waals surface area (Å²) < 4.78 is 0.765.